The third-order valence-corrected chi connectivity index (χ3v) is 3.56. The molecule has 1 atom stereocenters. The van der Waals surface area contributed by atoms with E-state index in [1.807, 2.05) is 42.5 Å². The third kappa shape index (κ3) is 2.58. The lowest BCUT2D eigenvalue weighted by Crippen LogP contribution is -2.12. The third-order valence-electron chi connectivity index (χ3n) is 3.56. The van der Waals surface area contributed by atoms with E-state index in [9.17, 15) is 9.59 Å². The SMILES string of the molecule is CC(=O)Nc1ccc2c(c1)C(OCC(=O)O)c1ccccc1-2. The van der Waals surface area contributed by atoms with E-state index in [0.717, 1.165) is 22.3 Å². The molecule has 0 aromatic heterocycles. The molecule has 5 nitrogen and oxygen atoms in total. The molecule has 0 saturated carbocycles. The van der Waals surface area contributed by atoms with Gasteiger partial charge >= 0.3 is 5.97 Å². The van der Waals surface area contributed by atoms with Crippen LogP contribution in [0, 0.1) is 0 Å². The van der Waals surface area contributed by atoms with Crippen molar-refractivity contribution < 1.29 is 19.4 Å². The number of fused-ring (bicyclic) bond motifs is 3. The molecule has 0 bridgehead atoms. The second kappa shape index (κ2) is 5.61. The Labute approximate surface area is 127 Å². The average molecular weight is 297 g/mol. The summed E-state index contributed by atoms with van der Waals surface area (Å²) >= 11 is 0. The van der Waals surface area contributed by atoms with Crippen molar-refractivity contribution in [2.75, 3.05) is 11.9 Å². The Morgan fingerprint density at radius 3 is 2.59 bits per heavy atom. The molecular formula is C17H15NO4. The maximum absolute atomic E-state index is 11.2. The van der Waals surface area contributed by atoms with Crippen LogP contribution in [0.15, 0.2) is 42.5 Å². The van der Waals surface area contributed by atoms with Crippen LogP contribution in [0.5, 0.6) is 0 Å². The zero-order chi connectivity index (χ0) is 15.7. The van der Waals surface area contributed by atoms with Crippen LogP contribution in [0.25, 0.3) is 11.1 Å². The molecular weight excluding hydrogens is 282 g/mol. The largest absolute Gasteiger partial charge is 0.480 e. The number of amides is 1. The van der Waals surface area contributed by atoms with E-state index >= 15 is 0 Å². The summed E-state index contributed by atoms with van der Waals surface area (Å²) in [7, 11) is 0. The molecule has 0 aliphatic heterocycles. The first-order chi connectivity index (χ1) is 10.6. The number of rotatable bonds is 4. The van der Waals surface area contributed by atoms with Crippen LogP contribution >= 0.6 is 0 Å². The molecule has 2 aromatic rings. The smallest absolute Gasteiger partial charge is 0.329 e. The Morgan fingerprint density at radius 2 is 1.86 bits per heavy atom. The number of carbonyl (C=O) groups is 2. The van der Waals surface area contributed by atoms with Crippen molar-refractivity contribution in [1.29, 1.82) is 0 Å². The lowest BCUT2D eigenvalue weighted by molar-refractivity contribution is -0.143. The molecule has 1 unspecified atom stereocenters. The number of carboxylic acid groups (broad SMARTS) is 1. The quantitative estimate of drug-likeness (QED) is 0.910. The first-order valence-corrected chi connectivity index (χ1v) is 6.90. The number of aliphatic carboxylic acids is 1. The highest BCUT2D eigenvalue weighted by molar-refractivity contribution is 5.90. The van der Waals surface area contributed by atoms with Gasteiger partial charge in [0, 0.05) is 12.6 Å². The van der Waals surface area contributed by atoms with Crippen LogP contribution in [0.1, 0.15) is 24.2 Å². The van der Waals surface area contributed by atoms with Crippen molar-refractivity contribution in [3.05, 3.63) is 53.6 Å². The van der Waals surface area contributed by atoms with E-state index in [1.54, 1.807) is 0 Å². The Balaban J connectivity index is 2.03. The highest BCUT2D eigenvalue weighted by Crippen LogP contribution is 2.46. The molecule has 0 radical (unpaired) electrons. The fourth-order valence-corrected chi connectivity index (χ4v) is 2.78. The van der Waals surface area contributed by atoms with Crippen molar-refractivity contribution in [2.24, 2.45) is 0 Å². The summed E-state index contributed by atoms with van der Waals surface area (Å²) in [6, 6.07) is 13.3. The fourth-order valence-electron chi connectivity index (χ4n) is 2.78. The summed E-state index contributed by atoms with van der Waals surface area (Å²) in [6.07, 6.45) is -0.434. The standard InChI is InChI=1S/C17H15NO4/c1-10(19)18-11-6-7-13-12-4-2-3-5-14(12)17(15(13)8-11)22-9-16(20)21/h2-8,17H,9H2,1H3,(H,18,19)(H,20,21). The summed E-state index contributed by atoms with van der Waals surface area (Å²) in [4.78, 5) is 22.0. The summed E-state index contributed by atoms with van der Waals surface area (Å²) < 4.78 is 5.57. The molecule has 1 aliphatic carbocycles. The van der Waals surface area contributed by atoms with Gasteiger partial charge in [0.2, 0.25) is 5.91 Å². The molecule has 1 amide bonds. The highest BCUT2D eigenvalue weighted by Gasteiger charge is 2.29. The van der Waals surface area contributed by atoms with E-state index in [2.05, 4.69) is 5.32 Å². The number of carboxylic acids is 1. The van der Waals surface area contributed by atoms with Crippen LogP contribution in [0.2, 0.25) is 0 Å². The normalized spacial score (nSPS) is 15.0. The van der Waals surface area contributed by atoms with Gasteiger partial charge in [-0.05, 0) is 34.4 Å². The second-order valence-corrected chi connectivity index (χ2v) is 5.16. The maximum atomic E-state index is 11.2. The van der Waals surface area contributed by atoms with Crippen LogP contribution in [-0.2, 0) is 14.3 Å². The number of anilines is 1. The number of benzene rings is 2. The van der Waals surface area contributed by atoms with Crippen LogP contribution < -0.4 is 5.32 Å². The molecule has 1 aliphatic rings. The molecule has 3 rings (SSSR count). The van der Waals surface area contributed by atoms with Crippen molar-refractivity contribution in [3.63, 3.8) is 0 Å². The van der Waals surface area contributed by atoms with Gasteiger partial charge in [-0.1, -0.05) is 30.3 Å². The van der Waals surface area contributed by atoms with Crippen LogP contribution in [-0.4, -0.2) is 23.6 Å². The van der Waals surface area contributed by atoms with Gasteiger partial charge in [-0.2, -0.15) is 0 Å². The predicted octanol–water partition coefficient (Wildman–Crippen LogP) is 2.82. The molecule has 2 aromatic carbocycles. The lowest BCUT2D eigenvalue weighted by atomic mass is 10.1. The van der Waals surface area contributed by atoms with Crippen molar-refractivity contribution >= 4 is 17.6 Å². The number of nitrogens with one attached hydrogen (secondary N) is 1. The van der Waals surface area contributed by atoms with E-state index in [1.165, 1.54) is 6.92 Å². The molecule has 0 heterocycles. The first-order valence-electron chi connectivity index (χ1n) is 6.90. The minimum absolute atomic E-state index is 0.154. The second-order valence-electron chi connectivity index (χ2n) is 5.16. The summed E-state index contributed by atoms with van der Waals surface area (Å²) in [6.45, 7) is 1.07. The number of carbonyl (C=O) groups excluding carboxylic acids is 1. The average Bonchev–Trinajstić information content (AvgIpc) is 2.77. The number of hydrogen-bond donors (Lipinski definition) is 2. The van der Waals surface area contributed by atoms with Gasteiger partial charge in [-0.3, -0.25) is 4.79 Å². The van der Waals surface area contributed by atoms with Gasteiger partial charge in [0.25, 0.3) is 0 Å². The van der Waals surface area contributed by atoms with Gasteiger partial charge in [0.1, 0.15) is 12.7 Å². The molecule has 0 saturated heterocycles. The Bertz CT molecular complexity index is 754. The van der Waals surface area contributed by atoms with E-state index in [4.69, 9.17) is 9.84 Å². The van der Waals surface area contributed by atoms with E-state index in [0.29, 0.717) is 5.69 Å². The van der Waals surface area contributed by atoms with Gasteiger partial charge in [0.15, 0.2) is 0 Å². The Morgan fingerprint density at radius 1 is 1.14 bits per heavy atom. The van der Waals surface area contributed by atoms with Crippen molar-refractivity contribution in [2.45, 2.75) is 13.0 Å². The van der Waals surface area contributed by atoms with Gasteiger partial charge in [0.05, 0.1) is 0 Å². The highest BCUT2D eigenvalue weighted by atomic mass is 16.5. The monoisotopic (exact) mass is 297 g/mol. The van der Waals surface area contributed by atoms with Crippen LogP contribution in [0.3, 0.4) is 0 Å². The Hall–Kier alpha value is -2.66. The summed E-state index contributed by atoms with van der Waals surface area (Å²) in [5, 5.41) is 11.6. The van der Waals surface area contributed by atoms with Crippen LogP contribution in [0.4, 0.5) is 5.69 Å². The van der Waals surface area contributed by atoms with Crippen molar-refractivity contribution in [3.8, 4) is 11.1 Å². The Kier molecular flexibility index (Phi) is 3.65. The minimum Gasteiger partial charge on any atom is -0.480 e. The maximum Gasteiger partial charge on any atom is 0.329 e. The molecule has 5 heteroatoms. The van der Waals surface area contributed by atoms with Gasteiger partial charge in [-0.25, -0.2) is 4.79 Å². The van der Waals surface area contributed by atoms with E-state index in [-0.39, 0.29) is 12.5 Å². The first kappa shape index (κ1) is 14.3. The van der Waals surface area contributed by atoms with Gasteiger partial charge in [-0.15, -0.1) is 0 Å². The lowest BCUT2D eigenvalue weighted by Gasteiger charge is -2.14. The molecule has 2 N–H and O–H groups in total. The van der Waals surface area contributed by atoms with Crippen molar-refractivity contribution in [1.82, 2.24) is 0 Å². The zero-order valence-corrected chi connectivity index (χ0v) is 12.0. The minimum atomic E-state index is -1.01. The molecule has 112 valence electrons. The van der Waals surface area contributed by atoms with Gasteiger partial charge < -0.3 is 15.2 Å². The topological polar surface area (TPSA) is 75.6 Å². The zero-order valence-electron chi connectivity index (χ0n) is 12.0. The van der Waals surface area contributed by atoms with E-state index < -0.39 is 12.1 Å². The molecule has 22 heavy (non-hydrogen) atoms. The molecule has 0 fully saturated rings. The fraction of sp³-hybridized carbons (Fsp3) is 0.176. The summed E-state index contributed by atoms with van der Waals surface area (Å²) in [5.74, 6) is -1.16. The number of hydrogen-bond acceptors (Lipinski definition) is 3. The predicted molar refractivity (Wildman–Crippen MR) is 81.6 cm³/mol. The molecule has 0 spiro atoms. The number of ether oxygens (including phenoxy) is 1. The summed E-state index contributed by atoms with van der Waals surface area (Å²) in [5.41, 5.74) is 4.51.